The Balaban J connectivity index is 3.27. The Morgan fingerprint density at radius 1 is 1.75 bits per heavy atom. The molecule has 0 amide bonds. The monoisotopic (exact) mass is 187 g/mol. The number of aryl methyl sites for hydroxylation is 1. The summed E-state index contributed by atoms with van der Waals surface area (Å²) in [5, 5.41) is 6.42. The average Bonchev–Trinajstić information content (AvgIpc) is 2.00. The van der Waals surface area contributed by atoms with Gasteiger partial charge in [-0.05, 0) is 6.07 Å². The van der Waals surface area contributed by atoms with Gasteiger partial charge in [-0.25, -0.2) is 4.68 Å². The molecule has 64 valence electrons. The van der Waals surface area contributed by atoms with Gasteiger partial charge in [0.15, 0.2) is 0 Å². The molecular formula is C6H6ClN3O2. The lowest BCUT2D eigenvalue weighted by Crippen LogP contribution is -2.22. The summed E-state index contributed by atoms with van der Waals surface area (Å²) < 4.78 is 1.07. The molecule has 0 saturated heterocycles. The molecular weight excluding hydrogens is 182 g/mol. The summed E-state index contributed by atoms with van der Waals surface area (Å²) in [6.07, 6.45) is 0. The predicted octanol–water partition coefficient (Wildman–Crippen LogP) is 0.700. The van der Waals surface area contributed by atoms with Crippen LogP contribution in [0.4, 0.5) is 0 Å². The highest BCUT2D eigenvalue weighted by molar-refractivity contribution is 6.29. The van der Waals surface area contributed by atoms with Crippen molar-refractivity contribution in [1.29, 1.82) is 0 Å². The molecule has 0 aliphatic rings. The predicted molar refractivity (Wildman–Crippen MR) is 44.0 cm³/mol. The normalized spacial score (nSPS) is 9.83. The van der Waals surface area contributed by atoms with Crippen molar-refractivity contribution in [3.63, 3.8) is 0 Å². The average molecular weight is 188 g/mol. The number of rotatable bonds is 2. The summed E-state index contributed by atoms with van der Waals surface area (Å²) in [4.78, 5) is 21.0. The molecule has 0 saturated carbocycles. The van der Waals surface area contributed by atoms with Gasteiger partial charge in [0, 0.05) is 12.6 Å². The molecule has 0 aliphatic heterocycles. The molecule has 0 fully saturated rings. The molecule has 5 nitrogen and oxygen atoms in total. The molecule has 0 aliphatic carbocycles. The maximum Gasteiger partial charge on any atom is 0.271 e. The largest absolute Gasteiger partial charge is 0.271 e. The second-order valence-electron chi connectivity index (χ2n) is 2.21. The first kappa shape index (κ1) is 8.86. The lowest BCUT2D eigenvalue weighted by Gasteiger charge is -1.98. The zero-order chi connectivity index (χ0) is 9.14. The molecule has 1 heterocycles. The van der Waals surface area contributed by atoms with E-state index < -0.39 is 0 Å². The van der Waals surface area contributed by atoms with E-state index >= 15 is 0 Å². The van der Waals surface area contributed by atoms with Gasteiger partial charge in [-0.1, -0.05) is 16.8 Å². The van der Waals surface area contributed by atoms with Gasteiger partial charge in [0.2, 0.25) is 0 Å². The van der Waals surface area contributed by atoms with Crippen LogP contribution in [-0.2, 0) is 13.6 Å². The standard InChI is InChI=1S/C6H6ClN3O2/c1-10-6(11)4(3-8-12)2-5(7)9-10/h2H,3H2,1H3. The van der Waals surface area contributed by atoms with E-state index in [4.69, 9.17) is 11.6 Å². The van der Waals surface area contributed by atoms with Crippen LogP contribution in [-0.4, -0.2) is 9.78 Å². The number of aromatic nitrogens is 2. The van der Waals surface area contributed by atoms with E-state index in [9.17, 15) is 9.70 Å². The molecule has 1 aromatic heterocycles. The van der Waals surface area contributed by atoms with Crippen molar-refractivity contribution in [2.45, 2.75) is 6.54 Å². The van der Waals surface area contributed by atoms with E-state index in [1.54, 1.807) is 0 Å². The van der Waals surface area contributed by atoms with Gasteiger partial charge in [-0.3, -0.25) is 4.79 Å². The quantitative estimate of drug-likeness (QED) is 0.641. The highest BCUT2D eigenvalue weighted by Gasteiger charge is 2.03. The van der Waals surface area contributed by atoms with E-state index in [0.717, 1.165) is 4.68 Å². The molecule has 0 N–H and O–H groups in total. The third-order valence-corrected chi connectivity index (χ3v) is 1.53. The van der Waals surface area contributed by atoms with Crippen LogP contribution in [0.3, 0.4) is 0 Å². The van der Waals surface area contributed by atoms with Gasteiger partial charge in [-0.15, -0.1) is 0 Å². The molecule has 0 spiro atoms. The maximum absolute atomic E-state index is 11.2. The van der Waals surface area contributed by atoms with Crippen LogP contribution in [0.25, 0.3) is 0 Å². The second kappa shape index (κ2) is 3.44. The SMILES string of the molecule is Cn1nc(Cl)cc(CN=O)c1=O. The molecule has 1 aromatic rings. The van der Waals surface area contributed by atoms with Crippen LogP contribution < -0.4 is 5.56 Å². The zero-order valence-electron chi connectivity index (χ0n) is 6.32. The lowest BCUT2D eigenvalue weighted by molar-refractivity contribution is 0.693. The smallest absolute Gasteiger partial charge is 0.267 e. The third kappa shape index (κ3) is 1.68. The number of hydrogen-bond acceptors (Lipinski definition) is 4. The topological polar surface area (TPSA) is 64.3 Å². The minimum Gasteiger partial charge on any atom is -0.267 e. The highest BCUT2D eigenvalue weighted by Crippen LogP contribution is 2.03. The van der Waals surface area contributed by atoms with Gasteiger partial charge in [0.25, 0.3) is 5.56 Å². The Kier molecular flexibility index (Phi) is 2.54. The molecule has 0 aromatic carbocycles. The van der Waals surface area contributed by atoms with Crippen molar-refractivity contribution in [2.75, 3.05) is 0 Å². The first-order valence-corrected chi connectivity index (χ1v) is 3.55. The Hall–Kier alpha value is -1.23. The number of nitrogens with zero attached hydrogens (tertiary/aromatic N) is 3. The number of halogens is 1. The Bertz CT molecular complexity index is 360. The maximum atomic E-state index is 11.2. The van der Waals surface area contributed by atoms with Gasteiger partial charge >= 0.3 is 0 Å². The summed E-state index contributed by atoms with van der Waals surface area (Å²) >= 11 is 5.54. The lowest BCUT2D eigenvalue weighted by atomic mass is 10.3. The summed E-state index contributed by atoms with van der Waals surface area (Å²) in [5.74, 6) is 0. The fraction of sp³-hybridized carbons (Fsp3) is 0.333. The molecule has 12 heavy (non-hydrogen) atoms. The van der Waals surface area contributed by atoms with Crippen molar-refractivity contribution in [1.82, 2.24) is 9.78 Å². The van der Waals surface area contributed by atoms with Crippen LogP contribution in [0.15, 0.2) is 16.0 Å². The minimum atomic E-state index is -0.348. The van der Waals surface area contributed by atoms with Gasteiger partial charge in [0.1, 0.15) is 11.7 Å². The van der Waals surface area contributed by atoms with Crippen LogP contribution >= 0.6 is 11.6 Å². The molecule has 0 bridgehead atoms. The fourth-order valence-corrected chi connectivity index (χ4v) is 1.06. The van der Waals surface area contributed by atoms with Crippen LogP contribution in [0.5, 0.6) is 0 Å². The molecule has 6 heteroatoms. The molecule has 1 rings (SSSR count). The van der Waals surface area contributed by atoms with E-state index in [-0.39, 0.29) is 22.8 Å². The van der Waals surface area contributed by atoms with Gasteiger partial charge < -0.3 is 0 Å². The Morgan fingerprint density at radius 2 is 2.42 bits per heavy atom. The summed E-state index contributed by atoms with van der Waals surface area (Å²) in [5.41, 5.74) is -0.0912. The molecule has 0 radical (unpaired) electrons. The third-order valence-electron chi connectivity index (χ3n) is 1.34. The summed E-state index contributed by atoms with van der Waals surface area (Å²) in [6, 6.07) is 1.34. The number of hydrogen-bond donors (Lipinski definition) is 0. The van der Waals surface area contributed by atoms with Crippen molar-refractivity contribution in [3.8, 4) is 0 Å². The van der Waals surface area contributed by atoms with E-state index in [2.05, 4.69) is 10.3 Å². The summed E-state index contributed by atoms with van der Waals surface area (Å²) in [6.45, 7) is -0.172. The van der Waals surface area contributed by atoms with E-state index in [0.29, 0.717) is 0 Å². The molecule has 0 unspecified atom stereocenters. The number of nitroso groups, excluding NO2 is 1. The van der Waals surface area contributed by atoms with Gasteiger partial charge in [0.05, 0.1) is 0 Å². The molecule has 0 atom stereocenters. The Morgan fingerprint density at radius 3 is 3.00 bits per heavy atom. The Labute approximate surface area is 72.9 Å². The van der Waals surface area contributed by atoms with Crippen LogP contribution in [0.1, 0.15) is 5.56 Å². The van der Waals surface area contributed by atoms with Crippen molar-refractivity contribution in [2.24, 2.45) is 12.2 Å². The summed E-state index contributed by atoms with van der Waals surface area (Å²) in [7, 11) is 1.46. The van der Waals surface area contributed by atoms with Crippen LogP contribution in [0.2, 0.25) is 5.15 Å². The second-order valence-corrected chi connectivity index (χ2v) is 2.60. The van der Waals surface area contributed by atoms with Gasteiger partial charge in [-0.2, -0.15) is 10.0 Å². The van der Waals surface area contributed by atoms with Crippen molar-refractivity contribution in [3.05, 3.63) is 32.0 Å². The van der Waals surface area contributed by atoms with Crippen molar-refractivity contribution < 1.29 is 0 Å². The van der Waals surface area contributed by atoms with Crippen LogP contribution in [0, 0.1) is 4.91 Å². The highest BCUT2D eigenvalue weighted by atomic mass is 35.5. The van der Waals surface area contributed by atoms with E-state index in [1.165, 1.54) is 13.1 Å². The minimum absolute atomic E-state index is 0.172. The zero-order valence-corrected chi connectivity index (χ0v) is 7.08. The van der Waals surface area contributed by atoms with E-state index in [1.807, 2.05) is 0 Å². The first-order chi connectivity index (χ1) is 5.65. The van der Waals surface area contributed by atoms with Crippen molar-refractivity contribution >= 4 is 11.6 Å². The fourth-order valence-electron chi connectivity index (χ4n) is 0.814. The first-order valence-electron chi connectivity index (χ1n) is 3.17.